The smallest absolute Gasteiger partial charge is 0.142 e. The summed E-state index contributed by atoms with van der Waals surface area (Å²) in [5.41, 5.74) is 7.79. The zero-order chi connectivity index (χ0) is 12.8. The van der Waals surface area contributed by atoms with Gasteiger partial charge >= 0.3 is 0 Å². The molecule has 4 heteroatoms. The van der Waals surface area contributed by atoms with E-state index < -0.39 is 0 Å². The van der Waals surface area contributed by atoms with Crippen molar-refractivity contribution < 1.29 is 9.94 Å². The molecule has 0 spiro atoms. The average molecular weight is 236 g/mol. The Morgan fingerprint density at radius 3 is 2.71 bits per heavy atom. The van der Waals surface area contributed by atoms with E-state index in [0.717, 1.165) is 17.7 Å². The second-order valence-electron chi connectivity index (χ2n) is 4.21. The number of aryl methyl sites for hydroxylation is 2. The number of ether oxygens (including phenoxy) is 1. The first-order chi connectivity index (χ1) is 8.06. The summed E-state index contributed by atoms with van der Waals surface area (Å²) < 4.78 is 5.85. The summed E-state index contributed by atoms with van der Waals surface area (Å²) in [4.78, 5) is 0. The molecular weight excluding hydrogens is 216 g/mol. The Morgan fingerprint density at radius 1 is 1.47 bits per heavy atom. The van der Waals surface area contributed by atoms with Crippen molar-refractivity contribution in [3.8, 4) is 5.75 Å². The van der Waals surface area contributed by atoms with Crippen LogP contribution in [0.15, 0.2) is 23.4 Å². The van der Waals surface area contributed by atoms with Crippen LogP contribution >= 0.6 is 0 Å². The van der Waals surface area contributed by atoms with Gasteiger partial charge in [-0.1, -0.05) is 29.8 Å². The Bertz CT molecular complexity index is 402. The van der Waals surface area contributed by atoms with Gasteiger partial charge in [-0.2, -0.15) is 0 Å². The Morgan fingerprint density at radius 2 is 2.18 bits per heavy atom. The molecule has 1 rings (SSSR count). The maximum atomic E-state index is 8.54. The number of rotatable bonds is 5. The topological polar surface area (TPSA) is 67.8 Å². The number of nitrogens with zero attached hydrogens (tertiary/aromatic N) is 1. The number of oxime groups is 1. The second-order valence-corrected chi connectivity index (χ2v) is 4.21. The van der Waals surface area contributed by atoms with Gasteiger partial charge in [0.25, 0.3) is 0 Å². The Kier molecular flexibility index (Phi) is 4.82. The van der Waals surface area contributed by atoms with E-state index in [2.05, 4.69) is 11.2 Å². The highest BCUT2D eigenvalue weighted by Crippen LogP contribution is 2.21. The summed E-state index contributed by atoms with van der Waals surface area (Å²) in [7, 11) is 0. The maximum Gasteiger partial charge on any atom is 0.142 e. The van der Waals surface area contributed by atoms with E-state index in [1.807, 2.05) is 32.9 Å². The summed E-state index contributed by atoms with van der Waals surface area (Å²) in [5.74, 6) is 1.05. The van der Waals surface area contributed by atoms with Crippen LogP contribution in [-0.4, -0.2) is 17.1 Å². The molecule has 1 aromatic rings. The monoisotopic (exact) mass is 236 g/mol. The summed E-state index contributed by atoms with van der Waals surface area (Å²) in [5, 5.41) is 11.5. The molecule has 3 N–H and O–H groups in total. The lowest BCUT2D eigenvalue weighted by Crippen LogP contribution is -2.25. The fourth-order valence-electron chi connectivity index (χ4n) is 1.65. The Hall–Kier alpha value is -1.71. The lowest BCUT2D eigenvalue weighted by molar-refractivity contribution is 0.201. The Balaban J connectivity index is 2.73. The summed E-state index contributed by atoms with van der Waals surface area (Å²) in [6, 6.07) is 6.05. The third-order valence-corrected chi connectivity index (χ3v) is 2.64. The fraction of sp³-hybridized carbons (Fsp3) is 0.462. The largest absolute Gasteiger partial charge is 0.490 e. The van der Waals surface area contributed by atoms with Crippen LogP contribution in [0.4, 0.5) is 0 Å². The predicted molar refractivity (Wildman–Crippen MR) is 68.6 cm³/mol. The van der Waals surface area contributed by atoms with Gasteiger partial charge in [-0.15, -0.1) is 0 Å². The molecule has 0 bridgehead atoms. The van der Waals surface area contributed by atoms with E-state index in [0.29, 0.717) is 6.42 Å². The van der Waals surface area contributed by atoms with Gasteiger partial charge in [0, 0.05) is 6.42 Å². The van der Waals surface area contributed by atoms with Crippen molar-refractivity contribution in [1.29, 1.82) is 0 Å². The molecule has 0 radical (unpaired) electrons. The van der Waals surface area contributed by atoms with Gasteiger partial charge in [0.1, 0.15) is 17.7 Å². The van der Waals surface area contributed by atoms with Crippen molar-refractivity contribution in [2.45, 2.75) is 39.7 Å². The molecule has 0 heterocycles. The first kappa shape index (κ1) is 13.4. The van der Waals surface area contributed by atoms with Gasteiger partial charge in [-0.25, -0.2) is 0 Å². The van der Waals surface area contributed by atoms with Crippen molar-refractivity contribution in [3.63, 3.8) is 0 Å². The zero-order valence-corrected chi connectivity index (χ0v) is 10.6. The van der Waals surface area contributed by atoms with Gasteiger partial charge in [-0.3, -0.25) is 0 Å². The minimum absolute atomic E-state index is 0.0627. The number of hydrogen-bond donors (Lipinski definition) is 2. The van der Waals surface area contributed by atoms with Crippen LogP contribution in [0.25, 0.3) is 0 Å². The van der Waals surface area contributed by atoms with Gasteiger partial charge < -0.3 is 15.7 Å². The van der Waals surface area contributed by atoms with Crippen LogP contribution in [0.1, 0.15) is 30.9 Å². The standard InChI is InChI=1S/C13H20N2O2/c1-4-11(8-13(14)15-16)17-12-6-5-9(2)7-10(12)3/h5-7,11,16H,4,8H2,1-3H3,(H2,14,15). The van der Waals surface area contributed by atoms with Gasteiger partial charge in [0.2, 0.25) is 0 Å². The lowest BCUT2D eigenvalue weighted by atomic mass is 10.1. The highest BCUT2D eigenvalue weighted by Gasteiger charge is 2.12. The minimum Gasteiger partial charge on any atom is -0.490 e. The lowest BCUT2D eigenvalue weighted by Gasteiger charge is -2.18. The van der Waals surface area contributed by atoms with E-state index in [-0.39, 0.29) is 11.9 Å². The van der Waals surface area contributed by atoms with Gasteiger partial charge in [-0.05, 0) is 31.9 Å². The third kappa shape index (κ3) is 3.98. The van der Waals surface area contributed by atoms with Crippen LogP contribution in [0.3, 0.4) is 0 Å². The van der Waals surface area contributed by atoms with E-state index >= 15 is 0 Å². The molecule has 17 heavy (non-hydrogen) atoms. The molecule has 4 nitrogen and oxygen atoms in total. The second kappa shape index (κ2) is 6.13. The highest BCUT2D eigenvalue weighted by molar-refractivity contribution is 5.80. The van der Waals surface area contributed by atoms with Crippen LogP contribution < -0.4 is 10.5 Å². The van der Waals surface area contributed by atoms with Gasteiger partial charge in [0.15, 0.2) is 0 Å². The molecule has 0 amide bonds. The van der Waals surface area contributed by atoms with Crippen LogP contribution in [0.5, 0.6) is 5.75 Å². The molecular formula is C13H20N2O2. The summed E-state index contributed by atoms with van der Waals surface area (Å²) in [6.45, 7) is 6.07. The molecule has 0 aliphatic rings. The molecule has 0 fully saturated rings. The maximum absolute atomic E-state index is 8.54. The number of benzene rings is 1. The SMILES string of the molecule is CCC(C/C(N)=N/O)Oc1ccc(C)cc1C. The van der Waals surface area contributed by atoms with E-state index in [1.165, 1.54) is 5.56 Å². The third-order valence-electron chi connectivity index (χ3n) is 2.64. The number of nitrogens with two attached hydrogens (primary N) is 1. The van der Waals surface area contributed by atoms with E-state index in [9.17, 15) is 0 Å². The molecule has 1 atom stereocenters. The van der Waals surface area contributed by atoms with Crippen molar-refractivity contribution >= 4 is 5.84 Å². The van der Waals surface area contributed by atoms with Crippen molar-refractivity contribution in [1.82, 2.24) is 0 Å². The fourth-order valence-corrected chi connectivity index (χ4v) is 1.65. The summed E-state index contributed by atoms with van der Waals surface area (Å²) >= 11 is 0. The highest BCUT2D eigenvalue weighted by atomic mass is 16.5. The molecule has 0 aliphatic carbocycles. The predicted octanol–water partition coefficient (Wildman–Crippen LogP) is 2.60. The molecule has 1 unspecified atom stereocenters. The van der Waals surface area contributed by atoms with Crippen LogP contribution in [0, 0.1) is 13.8 Å². The molecule has 0 saturated heterocycles. The van der Waals surface area contributed by atoms with Crippen LogP contribution in [0.2, 0.25) is 0 Å². The van der Waals surface area contributed by atoms with E-state index in [4.69, 9.17) is 15.7 Å². The molecule has 0 aliphatic heterocycles. The van der Waals surface area contributed by atoms with Crippen molar-refractivity contribution in [3.05, 3.63) is 29.3 Å². The Labute approximate surface area is 102 Å². The van der Waals surface area contributed by atoms with Crippen molar-refractivity contribution in [2.75, 3.05) is 0 Å². The van der Waals surface area contributed by atoms with Gasteiger partial charge in [0.05, 0.1) is 0 Å². The van der Waals surface area contributed by atoms with Crippen LogP contribution in [-0.2, 0) is 0 Å². The van der Waals surface area contributed by atoms with Crippen molar-refractivity contribution in [2.24, 2.45) is 10.9 Å². The quantitative estimate of drug-likeness (QED) is 0.357. The normalized spacial score (nSPS) is 13.5. The average Bonchev–Trinajstić information content (AvgIpc) is 2.31. The first-order valence-corrected chi connectivity index (χ1v) is 5.77. The molecule has 94 valence electrons. The number of hydrogen-bond acceptors (Lipinski definition) is 3. The first-order valence-electron chi connectivity index (χ1n) is 5.77. The molecule has 1 aromatic carbocycles. The molecule has 0 aromatic heterocycles. The molecule has 0 saturated carbocycles. The van der Waals surface area contributed by atoms with E-state index in [1.54, 1.807) is 0 Å². The zero-order valence-electron chi connectivity index (χ0n) is 10.6. The minimum atomic E-state index is -0.0627. The summed E-state index contributed by atoms with van der Waals surface area (Å²) in [6.07, 6.45) is 1.18. The number of amidine groups is 1.